The minimum atomic E-state index is -0.421. The van der Waals surface area contributed by atoms with Gasteiger partial charge in [-0.3, -0.25) is 10.00 Å². The van der Waals surface area contributed by atoms with Gasteiger partial charge in [-0.05, 0) is 37.3 Å². The first-order valence-electron chi connectivity index (χ1n) is 10.6. The van der Waals surface area contributed by atoms with Crippen molar-refractivity contribution in [1.29, 1.82) is 5.26 Å². The highest BCUT2D eigenvalue weighted by atomic mass is 16.6. The van der Waals surface area contributed by atoms with Gasteiger partial charge in [0.2, 0.25) is 0 Å². The molecule has 3 aromatic rings. The van der Waals surface area contributed by atoms with Gasteiger partial charge in [0.25, 0.3) is 0 Å². The number of hydrogen-bond acceptors (Lipinski definition) is 7. The molecular formula is C23H23N7O2. The molecule has 9 nitrogen and oxygen atoms in total. The Hall–Kier alpha value is -3.90. The summed E-state index contributed by atoms with van der Waals surface area (Å²) in [4.78, 5) is 20.5. The fourth-order valence-corrected chi connectivity index (χ4v) is 4.36. The van der Waals surface area contributed by atoms with E-state index in [9.17, 15) is 10.1 Å². The third-order valence-electron chi connectivity index (χ3n) is 5.97. The number of piperazine rings is 1. The maximum atomic E-state index is 11.4. The molecule has 0 radical (unpaired) electrons. The van der Waals surface area contributed by atoms with E-state index in [0.29, 0.717) is 17.9 Å². The molecule has 0 aliphatic carbocycles. The number of anilines is 1. The maximum absolute atomic E-state index is 11.4. The summed E-state index contributed by atoms with van der Waals surface area (Å²) in [5.41, 5.74) is 4.68. The van der Waals surface area contributed by atoms with Gasteiger partial charge < -0.3 is 15.0 Å². The van der Waals surface area contributed by atoms with Gasteiger partial charge in [-0.1, -0.05) is 0 Å². The number of carbonyl (C=O) groups is 1. The number of pyridine rings is 1. The Bertz CT molecular complexity index is 1200. The Balaban J connectivity index is 1.29. The molecule has 0 saturated carbocycles. The molecule has 1 atom stereocenters. The van der Waals surface area contributed by atoms with Crippen molar-refractivity contribution in [2.24, 2.45) is 0 Å². The first-order chi connectivity index (χ1) is 15.6. The van der Waals surface area contributed by atoms with Crippen LogP contribution in [-0.2, 0) is 13.1 Å². The van der Waals surface area contributed by atoms with Crippen LogP contribution in [0.3, 0.4) is 0 Å². The van der Waals surface area contributed by atoms with Crippen molar-refractivity contribution in [2.75, 3.05) is 24.5 Å². The van der Waals surface area contributed by atoms with E-state index >= 15 is 0 Å². The third-order valence-corrected chi connectivity index (χ3v) is 5.97. The second-order valence-electron chi connectivity index (χ2n) is 8.13. The Kier molecular flexibility index (Phi) is 5.21. The van der Waals surface area contributed by atoms with E-state index in [-0.39, 0.29) is 6.04 Å². The molecule has 32 heavy (non-hydrogen) atoms. The second kappa shape index (κ2) is 8.32. The number of H-pyrrole nitrogens is 1. The molecule has 9 heteroatoms. The van der Waals surface area contributed by atoms with E-state index in [2.05, 4.69) is 43.3 Å². The number of ether oxygens (including phenoxy) is 1. The van der Waals surface area contributed by atoms with E-state index in [4.69, 9.17) is 4.74 Å². The Morgan fingerprint density at radius 3 is 3.03 bits per heavy atom. The van der Waals surface area contributed by atoms with E-state index in [1.165, 1.54) is 0 Å². The largest absolute Gasteiger partial charge is 0.412 e. The number of nitrogens with zero attached hydrogens (tertiary/aromatic N) is 5. The molecule has 1 unspecified atom stereocenters. The van der Waals surface area contributed by atoms with Crippen molar-refractivity contribution in [2.45, 2.75) is 26.1 Å². The zero-order chi connectivity index (χ0) is 22.1. The lowest BCUT2D eigenvalue weighted by Crippen LogP contribution is -2.51. The monoisotopic (exact) mass is 429 g/mol. The molecular weight excluding hydrogens is 406 g/mol. The van der Waals surface area contributed by atoms with Gasteiger partial charge in [0.05, 0.1) is 23.5 Å². The molecule has 1 fully saturated rings. The minimum absolute atomic E-state index is 0.269. The fourth-order valence-electron chi connectivity index (χ4n) is 4.36. The summed E-state index contributed by atoms with van der Waals surface area (Å²) in [6, 6.07) is 11.8. The summed E-state index contributed by atoms with van der Waals surface area (Å²) in [5.74, 6) is 1.45. The zero-order valence-corrected chi connectivity index (χ0v) is 17.7. The number of aromatic nitrogens is 3. The van der Waals surface area contributed by atoms with Gasteiger partial charge in [0.15, 0.2) is 0 Å². The molecule has 0 spiro atoms. The molecule has 2 aliphatic rings. The molecule has 5 rings (SSSR count). The topological polar surface area (TPSA) is 110 Å². The van der Waals surface area contributed by atoms with Crippen LogP contribution in [0.1, 0.15) is 23.6 Å². The Morgan fingerprint density at radius 2 is 2.19 bits per heavy atom. The Labute approximate surface area is 185 Å². The number of hydrogen-bond donors (Lipinski definition) is 2. The van der Waals surface area contributed by atoms with Crippen LogP contribution in [0.5, 0.6) is 5.75 Å². The van der Waals surface area contributed by atoms with Crippen molar-refractivity contribution in [3.8, 4) is 23.1 Å². The van der Waals surface area contributed by atoms with Gasteiger partial charge in [-0.15, -0.1) is 0 Å². The lowest BCUT2D eigenvalue weighted by molar-refractivity contribution is 0.194. The van der Waals surface area contributed by atoms with Crippen LogP contribution in [0.4, 0.5) is 10.6 Å². The van der Waals surface area contributed by atoms with Crippen LogP contribution in [-0.4, -0.2) is 51.9 Å². The van der Waals surface area contributed by atoms with E-state index in [0.717, 1.165) is 54.4 Å². The zero-order valence-electron chi connectivity index (χ0n) is 17.7. The van der Waals surface area contributed by atoms with Crippen molar-refractivity contribution >= 4 is 11.9 Å². The van der Waals surface area contributed by atoms with Gasteiger partial charge in [0, 0.05) is 61.7 Å². The Morgan fingerprint density at radius 1 is 1.28 bits per heavy atom. The average molecular weight is 429 g/mol. The van der Waals surface area contributed by atoms with Crippen LogP contribution in [0.25, 0.3) is 11.3 Å². The van der Waals surface area contributed by atoms with Crippen molar-refractivity contribution in [3.63, 3.8) is 0 Å². The van der Waals surface area contributed by atoms with Crippen molar-refractivity contribution in [3.05, 3.63) is 59.4 Å². The van der Waals surface area contributed by atoms with Crippen LogP contribution in [0.15, 0.2) is 42.7 Å². The summed E-state index contributed by atoms with van der Waals surface area (Å²) in [5, 5.41) is 19.3. The van der Waals surface area contributed by atoms with E-state index in [1.54, 1.807) is 12.3 Å². The smallest absolute Gasteiger partial charge is 0.410 e. The summed E-state index contributed by atoms with van der Waals surface area (Å²) >= 11 is 0. The number of nitriles is 1. The molecule has 0 bridgehead atoms. The number of fused-ring (bicyclic) bond motifs is 1. The summed E-state index contributed by atoms with van der Waals surface area (Å²) in [7, 11) is 0. The summed E-state index contributed by atoms with van der Waals surface area (Å²) < 4.78 is 5.22. The molecule has 1 amide bonds. The predicted octanol–water partition coefficient (Wildman–Crippen LogP) is 2.66. The van der Waals surface area contributed by atoms with Crippen LogP contribution < -0.4 is 15.0 Å². The van der Waals surface area contributed by atoms with Gasteiger partial charge in [0.1, 0.15) is 11.6 Å². The van der Waals surface area contributed by atoms with Gasteiger partial charge >= 0.3 is 6.09 Å². The minimum Gasteiger partial charge on any atom is -0.410 e. The number of carbonyl (C=O) groups excluding carboxylic acids is 1. The van der Waals surface area contributed by atoms with Crippen molar-refractivity contribution < 1.29 is 9.53 Å². The molecule has 4 heterocycles. The third kappa shape index (κ3) is 3.88. The molecule has 1 aromatic carbocycles. The van der Waals surface area contributed by atoms with E-state index in [1.807, 2.05) is 30.5 Å². The summed E-state index contributed by atoms with van der Waals surface area (Å²) in [6.45, 7) is 6.02. The maximum Gasteiger partial charge on any atom is 0.412 e. The lowest BCUT2D eigenvalue weighted by atomic mass is 10.0. The number of amides is 1. The number of benzene rings is 1. The van der Waals surface area contributed by atoms with Gasteiger partial charge in [-0.2, -0.15) is 10.4 Å². The van der Waals surface area contributed by atoms with Crippen molar-refractivity contribution in [1.82, 2.24) is 25.4 Å². The highest BCUT2D eigenvalue weighted by Gasteiger charge is 2.26. The molecule has 162 valence electrons. The summed E-state index contributed by atoms with van der Waals surface area (Å²) in [6.07, 6.45) is 3.15. The predicted molar refractivity (Wildman–Crippen MR) is 118 cm³/mol. The van der Waals surface area contributed by atoms with Crippen LogP contribution >= 0.6 is 0 Å². The van der Waals surface area contributed by atoms with Gasteiger partial charge in [-0.25, -0.2) is 9.78 Å². The highest BCUT2D eigenvalue weighted by Crippen LogP contribution is 2.30. The molecule has 2 aromatic heterocycles. The normalized spacial score (nSPS) is 18.4. The standard InChI is InChI=1S/C23H23N7O2/c1-15-13-29(6-7-30(15)21-8-16(10-24)4-5-25-21)14-19-12-27-28-22(19)17-2-3-20-18(9-17)11-26-23(31)32-20/h2-5,8-9,12,15H,6-7,11,13-14H2,1H3,(H,26,31)(H,27,28). The number of aromatic amines is 1. The quantitative estimate of drug-likeness (QED) is 0.656. The SMILES string of the molecule is CC1CN(Cc2cn[nH]c2-c2ccc3c(c2)CNC(=O)O3)CCN1c1cc(C#N)ccn1. The fraction of sp³-hybridized carbons (Fsp3) is 0.304. The average Bonchev–Trinajstić information content (AvgIpc) is 3.27. The van der Waals surface area contributed by atoms with Crippen LogP contribution in [0.2, 0.25) is 0 Å². The first kappa shape index (κ1) is 20.0. The molecule has 2 aliphatic heterocycles. The second-order valence-corrected chi connectivity index (χ2v) is 8.13. The molecule has 2 N–H and O–H groups in total. The lowest BCUT2D eigenvalue weighted by Gasteiger charge is -2.40. The van der Waals surface area contributed by atoms with Crippen LogP contribution in [0, 0.1) is 11.3 Å². The number of nitrogens with one attached hydrogen (secondary N) is 2. The highest BCUT2D eigenvalue weighted by molar-refractivity contribution is 5.74. The number of rotatable bonds is 4. The van der Waals surface area contributed by atoms with E-state index < -0.39 is 6.09 Å². The first-order valence-corrected chi connectivity index (χ1v) is 10.6. The molecule has 1 saturated heterocycles.